The molecule has 0 spiro atoms. The van der Waals surface area contributed by atoms with Gasteiger partial charge in [0.15, 0.2) is 0 Å². The van der Waals surface area contributed by atoms with E-state index in [1.165, 1.54) is 5.56 Å². The molecule has 4 rings (SSSR count). The molecule has 122 valence electrons. The number of nitrogens with one attached hydrogen (secondary N) is 2. The SMILES string of the molecule is CN1Cc2nc(Cl)nc(N3CCN[C@@H](Cc4ncc[nH]4)C3)c2C1. The predicted octanol–water partition coefficient (Wildman–Crippen LogP) is 0.819. The first-order chi connectivity index (χ1) is 11.2. The van der Waals surface area contributed by atoms with Crippen molar-refractivity contribution < 1.29 is 0 Å². The van der Waals surface area contributed by atoms with Crippen LogP contribution in [0.15, 0.2) is 12.4 Å². The highest BCUT2D eigenvalue weighted by atomic mass is 35.5. The zero-order valence-electron chi connectivity index (χ0n) is 13.1. The molecule has 8 heteroatoms. The van der Waals surface area contributed by atoms with Crippen molar-refractivity contribution in [2.24, 2.45) is 0 Å². The molecule has 4 heterocycles. The predicted molar refractivity (Wildman–Crippen MR) is 88.5 cm³/mol. The maximum atomic E-state index is 6.15. The maximum absolute atomic E-state index is 6.15. The van der Waals surface area contributed by atoms with E-state index in [2.05, 4.69) is 42.1 Å². The molecule has 0 amide bonds. The van der Waals surface area contributed by atoms with Gasteiger partial charge in [-0.3, -0.25) is 4.90 Å². The van der Waals surface area contributed by atoms with E-state index in [-0.39, 0.29) is 0 Å². The van der Waals surface area contributed by atoms with Crippen LogP contribution in [0.5, 0.6) is 0 Å². The lowest BCUT2D eigenvalue weighted by atomic mass is 10.1. The normalized spacial score (nSPS) is 21.7. The number of piperazine rings is 1. The third kappa shape index (κ3) is 3.04. The number of aromatic nitrogens is 4. The van der Waals surface area contributed by atoms with E-state index in [1.54, 1.807) is 6.20 Å². The van der Waals surface area contributed by atoms with E-state index >= 15 is 0 Å². The van der Waals surface area contributed by atoms with Gasteiger partial charge >= 0.3 is 0 Å². The summed E-state index contributed by atoms with van der Waals surface area (Å²) in [5.41, 5.74) is 2.28. The highest BCUT2D eigenvalue weighted by Crippen LogP contribution is 2.30. The van der Waals surface area contributed by atoms with Gasteiger partial charge in [-0.1, -0.05) is 0 Å². The molecular formula is C15H20ClN7. The summed E-state index contributed by atoms with van der Waals surface area (Å²) in [4.78, 5) is 21.0. The van der Waals surface area contributed by atoms with Crippen molar-refractivity contribution in [3.63, 3.8) is 0 Å². The Kier molecular flexibility index (Phi) is 3.92. The zero-order chi connectivity index (χ0) is 15.8. The number of anilines is 1. The van der Waals surface area contributed by atoms with Crippen LogP contribution in [0.2, 0.25) is 5.28 Å². The van der Waals surface area contributed by atoms with E-state index in [4.69, 9.17) is 11.6 Å². The molecule has 1 saturated heterocycles. The minimum atomic E-state index is 0.343. The van der Waals surface area contributed by atoms with Gasteiger partial charge in [0.1, 0.15) is 11.6 Å². The monoisotopic (exact) mass is 333 g/mol. The molecule has 1 fully saturated rings. The minimum Gasteiger partial charge on any atom is -0.353 e. The number of H-pyrrole nitrogens is 1. The van der Waals surface area contributed by atoms with E-state index in [9.17, 15) is 0 Å². The second-order valence-electron chi connectivity index (χ2n) is 6.25. The summed E-state index contributed by atoms with van der Waals surface area (Å²) in [6.45, 7) is 4.47. The fourth-order valence-electron chi connectivity index (χ4n) is 3.42. The van der Waals surface area contributed by atoms with Gasteiger partial charge in [-0.2, -0.15) is 0 Å². The lowest BCUT2D eigenvalue weighted by molar-refractivity contribution is 0.351. The number of aromatic amines is 1. The van der Waals surface area contributed by atoms with E-state index in [0.29, 0.717) is 11.3 Å². The van der Waals surface area contributed by atoms with Crippen molar-refractivity contribution in [2.75, 3.05) is 31.6 Å². The Bertz CT molecular complexity index is 687. The summed E-state index contributed by atoms with van der Waals surface area (Å²) in [7, 11) is 2.09. The molecule has 0 aromatic carbocycles. The Labute approximate surface area is 140 Å². The maximum Gasteiger partial charge on any atom is 0.224 e. The molecule has 2 aliphatic rings. The van der Waals surface area contributed by atoms with Gasteiger partial charge in [-0.05, 0) is 18.6 Å². The topological polar surface area (TPSA) is 73.0 Å². The van der Waals surface area contributed by atoms with E-state index in [0.717, 1.165) is 56.5 Å². The Balaban J connectivity index is 1.56. The second-order valence-corrected chi connectivity index (χ2v) is 6.59. The van der Waals surface area contributed by atoms with Gasteiger partial charge in [-0.25, -0.2) is 15.0 Å². The van der Waals surface area contributed by atoms with Crippen LogP contribution in [0.1, 0.15) is 17.1 Å². The number of halogens is 1. The summed E-state index contributed by atoms with van der Waals surface area (Å²) in [5.74, 6) is 2.00. The largest absolute Gasteiger partial charge is 0.353 e. The molecule has 0 radical (unpaired) electrons. The van der Waals surface area contributed by atoms with Gasteiger partial charge in [-0.15, -0.1) is 0 Å². The van der Waals surface area contributed by atoms with Gasteiger partial charge in [0.2, 0.25) is 5.28 Å². The van der Waals surface area contributed by atoms with Crippen LogP contribution in [0.25, 0.3) is 0 Å². The molecule has 0 unspecified atom stereocenters. The number of imidazole rings is 1. The third-order valence-corrected chi connectivity index (χ3v) is 4.61. The molecule has 23 heavy (non-hydrogen) atoms. The molecule has 2 N–H and O–H groups in total. The second kappa shape index (κ2) is 6.07. The number of fused-ring (bicyclic) bond motifs is 1. The molecule has 7 nitrogen and oxygen atoms in total. The summed E-state index contributed by atoms with van der Waals surface area (Å²) >= 11 is 6.15. The third-order valence-electron chi connectivity index (χ3n) is 4.44. The standard InChI is InChI=1S/C15H20ClN7/c1-22-8-11-12(9-22)20-15(16)21-14(11)23-5-4-17-10(7-23)6-13-18-2-3-19-13/h2-3,10,17H,4-9H2,1H3,(H,18,19)/t10-/m0/s1. The molecule has 1 atom stereocenters. The molecule has 2 aliphatic heterocycles. The first-order valence-electron chi connectivity index (χ1n) is 7.89. The number of hydrogen-bond acceptors (Lipinski definition) is 6. The fourth-order valence-corrected chi connectivity index (χ4v) is 3.60. The van der Waals surface area contributed by atoms with Crippen LogP contribution in [-0.4, -0.2) is 57.6 Å². The van der Waals surface area contributed by atoms with Crippen LogP contribution in [0, 0.1) is 0 Å². The van der Waals surface area contributed by atoms with Gasteiger partial charge in [0, 0.05) is 63.1 Å². The average molecular weight is 334 g/mol. The Morgan fingerprint density at radius 3 is 3.09 bits per heavy atom. The van der Waals surface area contributed by atoms with Crippen molar-refractivity contribution in [1.29, 1.82) is 0 Å². The Morgan fingerprint density at radius 1 is 1.35 bits per heavy atom. The molecule has 0 bridgehead atoms. The quantitative estimate of drug-likeness (QED) is 0.810. The van der Waals surface area contributed by atoms with Crippen LogP contribution in [0.4, 0.5) is 5.82 Å². The lowest BCUT2D eigenvalue weighted by Crippen LogP contribution is -2.52. The summed E-state index contributed by atoms with van der Waals surface area (Å²) in [6, 6.07) is 0.346. The van der Waals surface area contributed by atoms with Crippen LogP contribution >= 0.6 is 11.6 Å². The average Bonchev–Trinajstić information content (AvgIpc) is 3.15. The van der Waals surface area contributed by atoms with Crippen molar-refractivity contribution >= 4 is 17.4 Å². The molecule has 0 saturated carbocycles. The van der Waals surface area contributed by atoms with Crippen LogP contribution in [0.3, 0.4) is 0 Å². The summed E-state index contributed by atoms with van der Waals surface area (Å²) < 4.78 is 0. The Morgan fingerprint density at radius 2 is 2.26 bits per heavy atom. The molecule has 2 aromatic heterocycles. The number of hydrogen-bond donors (Lipinski definition) is 2. The first-order valence-corrected chi connectivity index (χ1v) is 8.27. The Hall–Kier alpha value is -1.70. The molecule has 0 aliphatic carbocycles. The van der Waals surface area contributed by atoms with Gasteiger partial charge in [0.25, 0.3) is 0 Å². The molecular weight excluding hydrogens is 314 g/mol. The van der Waals surface area contributed by atoms with Crippen LogP contribution < -0.4 is 10.2 Å². The van der Waals surface area contributed by atoms with Crippen molar-refractivity contribution in [3.8, 4) is 0 Å². The zero-order valence-corrected chi connectivity index (χ0v) is 13.8. The van der Waals surface area contributed by atoms with Crippen molar-refractivity contribution in [2.45, 2.75) is 25.6 Å². The lowest BCUT2D eigenvalue weighted by Gasteiger charge is -2.35. The number of rotatable bonds is 3. The number of nitrogens with zero attached hydrogens (tertiary/aromatic N) is 5. The highest BCUT2D eigenvalue weighted by molar-refractivity contribution is 6.28. The van der Waals surface area contributed by atoms with Crippen molar-refractivity contribution in [1.82, 2.24) is 30.2 Å². The van der Waals surface area contributed by atoms with Gasteiger partial charge < -0.3 is 15.2 Å². The summed E-state index contributed by atoms with van der Waals surface area (Å²) in [5, 5.41) is 3.90. The van der Waals surface area contributed by atoms with E-state index in [1.807, 2.05) is 6.20 Å². The smallest absolute Gasteiger partial charge is 0.224 e. The summed E-state index contributed by atoms with van der Waals surface area (Å²) in [6.07, 6.45) is 4.54. The van der Waals surface area contributed by atoms with Gasteiger partial charge in [0.05, 0.1) is 5.69 Å². The first kappa shape index (κ1) is 14.9. The highest BCUT2D eigenvalue weighted by Gasteiger charge is 2.28. The van der Waals surface area contributed by atoms with Crippen molar-refractivity contribution in [3.05, 3.63) is 34.8 Å². The van der Waals surface area contributed by atoms with E-state index < -0.39 is 0 Å². The minimum absolute atomic E-state index is 0.343. The fraction of sp³-hybridized carbons (Fsp3) is 0.533. The van der Waals surface area contributed by atoms with Crippen LogP contribution in [-0.2, 0) is 19.5 Å². The molecule has 2 aromatic rings.